The predicted molar refractivity (Wildman–Crippen MR) is 116 cm³/mol. The number of benzene rings is 3. The highest BCUT2D eigenvalue weighted by atomic mass is 35.5. The van der Waals surface area contributed by atoms with Gasteiger partial charge in [-0.05, 0) is 47.9 Å². The minimum atomic E-state index is 0.410. The number of halogens is 2. The molecule has 0 aliphatic heterocycles. The lowest BCUT2D eigenvalue weighted by Crippen LogP contribution is -2.17. The Morgan fingerprint density at radius 3 is 2.59 bits per heavy atom. The molecular formula is C23H25Cl2NO. The summed E-state index contributed by atoms with van der Waals surface area (Å²) in [5.74, 6) is 1.57. The summed E-state index contributed by atoms with van der Waals surface area (Å²) >= 11 is 12.3. The summed E-state index contributed by atoms with van der Waals surface area (Å²) in [7, 11) is 0. The second-order valence-corrected chi connectivity index (χ2v) is 7.99. The van der Waals surface area contributed by atoms with Gasteiger partial charge in [0.25, 0.3) is 0 Å². The van der Waals surface area contributed by atoms with Crippen molar-refractivity contribution in [3.63, 3.8) is 0 Å². The van der Waals surface area contributed by atoms with Gasteiger partial charge in [-0.15, -0.1) is 0 Å². The van der Waals surface area contributed by atoms with E-state index in [4.69, 9.17) is 27.9 Å². The molecule has 2 nitrogen and oxygen atoms in total. The van der Waals surface area contributed by atoms with E-state index in [0.717, 1.165) is 30.8 Å². The van der Waals surface area contributed by atoms with E-state index in [1.165, 1.54) is 16.3 Å². The highest BCUT2D eigenvalue weighted by Gasteiger charge is 2.10. The maximum Gasteiger partial charge on any atom is 0.124 e. The highest BCUT2D eigenvalue weighted by Crippen LogP contribution is 2.30. The Morgan fingerprint density at radius 1 is 1.00 bits per heavy atom. The molecular weight excluding hydrogens is 377 g/mol. The monoisotopic (exact) mass is 401 g/mol. The van der Waals surface area contributed by atoms with Gasteiger partial charge < -0.3 is 10.1 Å². The summed E-state index contributed by atoms with van der Waals surface area (Å²) in [5, 5.41) is 7.25. The topological polar surface area (TPSA) is 21.3 Å². The SMILES string of the molecule is CC(C)CCNCc1c(OCc2ccc(Cl)cc2Cl)ccc2ccccc12. The zero-order valence-electron chi connectivity index (χ0n) is 15.8. The van der Waals surface area contributed by atoms with Crippen LogP contribution in [0.25, 0.3) is 10.8 Å². The van der Waals surface area contributed by atoms with Crippen LogP contribution in [0.4, 0.5) is 0 Å². The molecule has 3 aromatic carbocycles. The number of rotatable bonds is 8. The van der Waals surface area contributed by atoms with Crippen molar-refractivity contribution < 1.29 is 4.74 Å². The average molecular weight is 402 g/mol. The standard InChI is InChI=1S/C23H25Cl2NO/c1-16(2)11-12-26-14-21-20-6-4-3-5-17(20)8-10-23(21)27-15-18-7-9-19(24)13-22(18)25/h3-10,13,16,26H,11-12,14-15H2,1-2H3. The lowest BCUT2D eigenvalue weighted by atomic mass is 10.0. The summed E-state index contributed by atoms with van der Waals surface area (Å²) < 4.78 is 6.16. The summed E-state index contributed by atoms with van der Waals surface area (Å²) in [6.45, 7) is 6.66. The summed E-state index contributed by atoms with van der Waals surface area (Å²) in [4.78, 5) is 0. The molecule has 3 rings (SSSR count). The quantitative estimate of drug-likeness (QED) is 0.416. The van der Waals surface area contributed by atoms with Crippen molar-refractivity contribution in [3.8, 4) is 5.75 Å². The van der Waals surface area contributed by atoms with Gasteiger partial charge in [0.2, 0.25) is 0 Å². The molecule has 0 fully saturated rings. The van der Waals surface area contributed by atoms with Gasteiger partial charge in [-0.3, -0.25) is 0 Å². The Balaban J connectivity index is 1.81. The van der Waals surface area contributed by atoms with Crippen LogP contribution >= 0.6 is 23.2 Å². The van der Waals surface area contributed by atoms with Crippen LogP contribution in [-0.2, 0) is 13.2 Å². The average Bonchev–Trinajstić information content (AvgIpc) is 2.65. The molecule has 0 spiro atoms. The summed E-state index contributed by atoms with van der Waals surface area (Å²) in [5.41, 5.74) is 2.11. The van der Waals surface area contributed by atoms with Crippen LogP contribution in [0.15, 0.2) is 54.6 Å². The second kappa shape index (κ2) is 9.45. The summed E-state index contributed by atoms with van der Waals surface area (Å²) in [6.07, 6.45) is 1.15. The Bertz CT molecular complexity index is 908. The highest BCUT2D eigenvalue weighted by molar-refractivity contribution is 6.35. The minimum Gasteiger partial charge on any atom is -0.488 e. The van der Waals surface area contributed by atoms with E-state index in [-0.39, 0.29) is 0 Å². The van der Waals surface area contributed by atoms with Gasteiger partial charge in [0.1, 0.15) is 12.4 Å². The van der Waals surface area contributed by atoms with Crippen molar-refractivity contribution in [2.75, 3.05) is 6.54 Å². The first kappa shape index (κ1) is 20.0. The molecule has 0 radical (unpaired) electrons. The fourth-order valence-electron chi connectivity index (χ4n) is 3.03. The van der Waals surface area contributed by atoms with Gasteiger partial charge in [0.15, 0.2) is 0 Å². The molecule has 0 heterocycles. The van der Waals surface area contributed by atoms with Crippen LogP contribution in [0, 0.1) is 5.92 Å². The molecule has 1 N–H and O–H groups in total. The number of hydrogen-bond acceptors (Lipinski definition) is 2. The zero-order chi connectivity index (χ0) is 19.2. The largest absolute Gasteiger partial charge is 0.488 e. The van der Waals surface area contributed by atoms with E-state index in [2.05, 4.69) is 49.5 Å². The third-order valence-corrected chi connectivity index (χ3v) is 5.18. The smallest absolute Gasteiger partial charge is 0.124 e. The maximum absolute atomic E-state index is 6.29. The number of ether oxygens (including phenoxy) is 1. The fourth-order valence-corrected chi connectivity index (χ4v) is 3.49. The van der Waals surface area contributed by atoms with E-state index in [9.17, 15) is 0 Å². The first-order valence-electron chi connectivity index (χ1n) is 9.32. The van der Waals surface area contributed by atoms with Crippen LogP contribution in [0.2, 0.25) is 10.0 Å². The van der Waals surface area contributed by atoms with E-state index in [1.807, 2.05) is 18.2 Å². The van der Waals surface area contributed by atoms with Gasteiger partial charge in [0, 0.05) is 27.7 Å². The van der Waals surface area contributed by atoms with Crippen molar-refractivity contribution in [1.29, 1.82) is 0 Å². The number of fused-ring (bicyclic) bond motifs is 1. The van der Waals surface area contributed by atoms with Gasteiger partial charge in [-0.25, -0.2) is 0 Å². The van der Waals surface area contributed by atoms with E-state index >= 15 is 0 Å². The van der Waals surface area contributed by atoms with Gasteiger partial charge in [-0.2, -0.15) is 0 Å². The Hall–Kier alpha value is -1.74. The van der Waals surface area contributed by atoms with E-state index < -0.39 is 0 Å². The van der Waals surface area contributed by atoms with Crippen LogP contribution in [0.5, 0.6) is 5.75 Å². The Labute approximate surface area is 171 Å². The molecule has 0 bridgehead atoms. The fraction of sp³-hybridized carbons (Fsp3) is 0.304. The van der Waals surface area contributed by atoms with E-state index in [0.29, 0.717) is 22.6 Å². The zero-order valence-corrected chi connectivity index (χ0v) is 17.3. The van der Waals surface area contributed by atoms with Crippen molar-refractivity contribution >= 4 is 34.0 Å². The van der Waals surface area contributed by atoms with Crippen LogP contribution in [-0.4, -0.2) is 6.54 Å². The molecule has 0 saturated heterocycles. The Kier molecular flexibility index (Phi) is 7.01. The van der Waals surface area contributed by atoms with Crippen molar-refractivity contribution in [1.82, 2.24) is 5.32 Å². The third-order valence-electron chi connectivity index (χ3n) is 4.60. The molecule has 3 aromatic rings. The lowest BCUT2D eigenvalue weighted by Gasteiger charge is -2.16. The molecule has 0 amide bonds. The normalized spacial score (nSPS) is 11.3. The first-order chi connectivity index (χ1) is 13.0. The van der Waals surface area contributed by atoms with Gasteiger partial charge in [-0.1, -0.05) is 73.4 Å². The molecule has 4 heteroatoms. The predicted octanol–water partition coefficient (Wildman–Crippen LogP) is 6.86. The van der Waals surface area contributed by atoms with E-state index in [1.54, 1.807) is 6.07 Å². The molecule has 0 aromatic heterocycles. The van der Waals surface area contributed by atoms with Crippen molar-refractivity contribution in [3.05, 3.63) is 75.8 Å². The lowest BCUT2D eigenvalue weighted by molar-refractivity contribution is 0.302. The van der Waals surface area contributed by atoms with Crippen LogP contribution < -0.4 is 10.1 Å². The Morgan fingerprint density at radius 2 is 1.81 bits per heavy atom. The molecule has 27 heavy (non-hydrogen) atoms. The molecule has 0 saturated carbocycles. The first-order valence-corrected chi connectivity index (χ1v) is 10.1. The second-order valence-electron chi connectivity index (χ2n) is 7.15. The molecule has 0 unspecified atom stereocenters. The number of nitrogens with one attached hydrogen (secondary N) is 1. The molecule has 0 aliphatic carbocycles. The molecule has 0 aliphatic rings. The van der Waals surface area contributed by atoms with Crippen molar-refractivity contribution in [2.24, 2.45) is 5.92 Å². The maximum atomic E-state index is 6.29. The third kappa shape index (κ3) is 5.38. The molecule has 142 valence electrons. The van der Waals surface area contributed by atoms with Gasteiger partial charge in [0.05, 0.1) is 0 Å². The number of hydrogen-bond donors (Lipinski definition) is 1. The summed E-state index contributed by atoms with van der Waals surface area (Å²) in [6, 6.07) is 18.1. The minimum absolute atomic E-state index is 0.410. The van der Waals surface area contributed by atoms with Crippen molar-refractivity contribution in [2.45, 2.75) is 33.4 Å². The van der Waals surface area contributed by atoms with Crippen LogP contribution in [0.1, 0.15) is 31.4 Å². The van der Waals surface area contributed by atoms with Gasteiger partial charge >= 0.3 is 0 Å². The molecule has 0 atom stereocenters. The van der Waals surface area contributed by atoms with Crippen LogP contribution in [0.3, 0.4) is 0 Å².